The maximum atomic E-state index is 12.9. The summed E-state index contributed by atoms with van der Waals surface area (Å²) in [4.78, 5) is 13.9. The maximum absolute atomic E-state index is 12.9. The number of amides is 1. The van der Waals surface area contributed by atoms with Crippen LogP contribution in [0.1, 0.15) is 30.1 Å². The number of nitrogens with zero attached hydrogens (tertiary/aromatic N) is 3. The second-order valence-electron chi connectivity index (χ2n) is 6.72. The smallest absolute Gasteiger partial charge is 0.260 e. The van der Waals surface area contributed by atoms with Gasteiger partial charge in [-0.05, 0) is 49.7 Å². The number of piperidine rings is 1. The fourth-order valence-corrected chi connectivity index (χ4v) is 3.10. The highest BCUT2D eigenvalue weighted by Gasteiger charge is 2.20. The molecule has 1 N–H and O–H groups in total. The molecule has 1 saturated heterocycles. The summed E-state index contributed by atoms with van der Waals surface area (Å²) >= 11 is 0. The lowest BCUT2D eigenvalue weighted by Crippen LogP contribution is -2.31. The number of aryl methyl sites for hydroxylation is 1. The van der Waals surface area contributed by atoms with Crippen molar-refractivity contribution in [1.82, 2.24) is 20.0 Å². The molecule has 2 aromatic rings. The number of likely N-dealkylation sites (N-methyl/N-ethyl adjacent to an activating group) is 1. The molecule has 0 aliphatic carbocycles. The van der Waals surface area contributed by atoms with Crippen LogP contribution < -0.4 is 10.1 Å². The van der Waals surface area contributed by atoms with Crippen LogP contribution in [0.5, 0.6) is 5.75 Å². The number of carbonyl (C=O) groups excluding carboxylic acids is 1. The Labute approximate surface area is 152 Å². The van der Waals surface area contributed by atoms with Crippen molar-refractivity contribution in [2.75, 3.05) is 26.7 Å². The molecule has 0 spiro atoms. The van der Waals surface area contributed by atoms with Crippen molar-refractivity contribution in [2.45, 2.75) is 25.3 Å². The average molecular weight is 360 g/mol. The Hall–Kier alpha value is -2.41. The molecule has 0 saturated carbocycles. The molecule has 7 heteroatoms. The molecule has 6 nitrogen and oxygen atoms in total. The fourth-order valence-electron chi connectivity index (χ4n) is 3.10. The summed E-state index contributed by atoms with van der Waals surface area (Å²) in [6, 6.07) is 7.71. The topological polar surface area (TPSA) is 59.4 Å². The molecule has 1 atom stereocenters. The lowest BCUT2D eigenvalue weighted by Gasteiger charge is -2.20. The number of hydrogen-bond donors (Lipinski definition) is 1. The van der Waals surface area contributed by atoms with Gasteiger partial charge in [0.25, 0.3) is 5.91 Å². The van der Waals surface area contributed by atoms with E-state index in [0.717, 1.165) is 37.3 Å². The van der Waals surface area contributed by atoms with Gasteiger partial charge in [0, 0.05) is 26.6 Å². The first kappa shape index (κ1) is 18.4. The second-order valence-corrected chi connectivity index (χ2v) is 6.72. The number of rotatable bonds is 6. The zero-order valence-electron chi connectivity index (χ0n) is 15.2. The molecule has 1 fully saturated rings. The molecule has 1 aromatic carbocycles. The monoisotopic (exact) mass is 360 g/mol. The Morgan fingerprint density at radius 2 is 2.19 bits per heavy atom. The van der Waals surface area contributed by atoms with Gasteiger partial charge in [-0.3, -0.25) is 9.48 Å². The highest BCUT2D eigenvalue weighted by atomic mass is 19.1. The number of aromatic nitrogens is 2. The van der Waals surface area contributed by atoms with E-state index in [-0.39, 0.29) is 18.3 Å². The summed E-state index contributed by atoms with van der Waals surface area (Å²) in [7, 11) is 3.65. The van der Waals surface area contributed by atoms with Gasteiger partial charge in [-0.15, -0.1) is 0 Å². The fraction of sp³-hybridized carbons (Fsp3) is 0.474. The Morgan fingerprint density at radius 3 is 2.88 bits per heavy atom. The van der Waals surface area contributed by atoms with Crippen LogP contribution in [0.25, 0.3) is 0 Å². The van der Waals surface area contributed by atoms with Gasteiger partial charge in [0.1, 0.15) is 11.6 Å². The molecule has 3 rings (SSSR count). The number of carbonyl (C=O) groups is 1. The average Bonchev–Trinajstić information content (AvgIpc) is 3.02. The number of ether oxygens (including phenoxy) is 1. The summed E-state index contributed by atoms with van der Waals surface area (Å²) < 4.78 is 20.2. The van der Waals surface area contributed by atoms with Gasteiger partial charge in [-0.1, -0.05) is 0 Å². The Balaban J connectivity index is 1.55. The molecule has 1 amide bonds. The first-order valence-corrected chi connectivity index (χ1v) is 8.89. The van der Waals surface area contributed by atoms with E-state index in [1.165, 1.54) is 24.3 Å². The number of benzene rings is 1. The molecule has 26 heavy (non-hydrogen) atoms. The zero-order chi connectivity index (χ0) is 18.5. The Morgan fingerprint density at radius 1 is 1.42 bits per heavy atom. The van der Waals surface area contributed by atoms with Crippen molar-refractivity contribution in [2.24, 2.45) is 7.05 Å². The van der Waals surface area contributed by atoms with E-state index in [1.807, 2.05) is 11.7 Å². The van der Waals surface area contributed by atoms with Crippen molar-refractivity contribution in [3.05, 3.63) is 47.5 Å². The van der Waals surface area contributed by atoms with E-state index in [4.69, 9.17) is 4.74 Å². The third-order valence-corrected chi connectivity index (χ3v) is 4.71. The minimum Gasteiger partial charge on any atom is -0.484 e. The van der Waals surface area contributed by atoms with Crippen molar-refractivity contribution in [3.8, 4) is 5.75 Å². The molecule has 1 aliphatic heterocycles. The minimum atomic E-state index is -0.332. The molecule has 1 aliphatic rings. The van der Waals surface area contributed by atoms with Gasteiger partial charge < -0.3 is 15.0 Å². The van der Waals surface area contributed by atoms with Crippen LogP contribution in [0.4, 0.5) is 4.39 Å². The lowest BCUT2D eigenvalue weighted by atomic mass is 9.96. The molecule has 140 valence electrons. The first-order valence-electron chi connectivity index (χ1n) is 8.89. The van der Waals surface area contributed by atoms with Gasteiger partial charge in [0.05, 0.1) is 17.9 Å². The van der Waals surface area contributed by atoms with Gasteiger partial charge in [0.15, 0.2) is 6.61 Å². The number of halogens is 1. The highest BCUT2D eigenvalue weighted by molar-refractivity contribution is 5.77. The van der Waals surface area contributed by atoms with Crippen LogP contribution in [0, 0.1) is 5.82 Å². The third-order valence-electron chi connectivity index (χ3n) is 4.71. The molecular weight excluding hydrogens is 335 g/mol. The largest absolute Gasteiger partial charge is 0.484 e. The van der Waals surface area contributed by atoms with E-state index in [0.29, 0.717) is 18.2 Å². The lowest BCUT2D eigenvalue weighted by molar-refractivity contribution is -0.132. The van der Waals surface area contributed by atoms with Gasteiger partial charge in [-0.25, -0.2) is 4.39 Å². The van der Waals surface area contributed by atoms with Gasteiger partial charge >= 0.3 is 0 Å². The highest BCUT2D eigenvalue weighted by Crippen LogP contribution is 2.23. The van der Waals surface area contributed by atoms with E-state index >= 15 is 0 Å². The summed E-state index contributed by atoms with van der Waals surface area (Å²) in [5.74, 6) is 0.435. The first-order chi connectivity index (χ1) is 12.5. The van der Waals surface area contributed by atoms with Crippen LogP contribution in [0.15, 0.2) is 30.3 Å². The van der Waals surface area contributed by atoms with E-state index in [9.17, 15) is 9.18 Å². The summed E-state index contributed by atoms with van der Waals surface area (Å²) in [6.07, 6.45) is 2.30. The summed E-state index contributed by atoms with van der Waals surface area (Å²) in [6.45, 7) is 2.41. The predicted molar refractivity (Wildman–Crippen MR) is 96.4 cm³/mol. The maximum Gasteiger partial charge on any atom is 0.260 e. The summed E-state index contributed by atoms with van der Waals surface area (Å²) in [5, 5.41) is 8.02. The van der Waals surface area contributed by atoms with E-state index < -0.39 is 0 Å². The zero-order valence-corrected chi connectivity index (χ0v) is 15.2. The van der Waals surface area contributed by atoms with E-state index in [2.05, 4.69) is 16.5 Å². The van der Waals surface area contributed by atoms with Crippen LogP contribution >= 0.6 is 0 Å². The molecule has 0 bridgehead atoms. The van der Waals surface area contributed by atoms with Crippen molar-refractivity contribution in [1.29, 1.82) is 0 Å². The van der Waals surface area contributed by atoms with Gasteiger partial charge in [-0.2, -0.15) is 5.10 Å². The molecular formula is C19H25FN4O2. The number of hydrogen-bond acceptors (Lipinski definition) is 4. The second kappa shape index (κ2) is 8.31. The van der Waals surface area contributed by atoms with Crippen LogP contribution in [0.3, 0.4) is 0 Å². The molecule has 0 unspecified atom stereocenters. The van der Waals surface area contributed by atoms with Crippen molar-refractivity contribution >= 4 is 5.91 Å². The molecule has 1 aromatic heterocycles. The van der Waals surface area contributed by atoms with Gasteiger partial charge in [0.2, 0.25) is 0 Å². The van der Waals surface area contributed by atoms with Crippen molar-refractivity contribution < 1.29 is 13.9 Å². The quantitative estimate of drug-likeness (QED) is 0.857. The van der Waals surface area contributed by atoms with Crippen molar-refractivity contribution in [3.63, 3.8) is 0 Å². The van der Waals surface area contributed by atoms with Crippen LogP contribution in [0.2, 0.25) is 0 Å². The number of nitrogens with one attached hydrogen (secondary N) is 1. The summed E-state index contributed by atoms with van der Waals surface area (Å²) in [5.41, 5.74) is 2.07. The Bertz CT molecular complexity index is 738. The molecule has 2 heterocycles. The molecule has 0 radical (unpaired) electrons. The standard InChI is InChI=1S/C19H25FN4O2/c1-23(19(25)13-26-17-7-5-15(20)6-8-17)12-16-10-18(22-24(16)2)14-4-3-9-21-11-14/h5-8,10,14,21H,3-4,9,11-13H2,1-2H3/t14-/m0/s1. The minimum absolute atomic E-state index is 0.0839. The van der Waals surface area contributed by atoms with Crippen LogP contribution in [-0.2, 0) is 18.4 Å². The Kier molecular flexibility index (Phi) is 5.88. The normalized spacial score (nSPS) is 17.1. The third kappa shape index (κ3) is 4.60. The van der Waals surface area contributed by atoms with E-state index in [1.54, 1.807) is 11.9 Å². The predicted octanol–water partition coefficient (Wildman–Crippen LogP) is 2.06. The van der Waals surface area contributed by atoms with Crippen LogP contribution in [-0.4, -0.2) is 47.3 Å². The SMILES string of the molecule is CN(Cc1cc([C@H]2CCCNC2)nn1C)C(=O)COc1ccc(F)cc1.